The van der Waals surface area contributed by atoms with E-state index in [0.29, 0.717) is 28.1 Å². The highest BCUT2D eigenvalue weighted by Crippen LogP contribution is 2.35. The molecule has 1 aromatic heterocycles. The molecular formula is C15H15BrN2O3. The molecular weight excluding hydrogens is 336 g/mol. The molecule has 2 aromatic rings. The average molecular weight is 351 g/mol. The summed E-state index contributed by atoms with van der Waals surface area (Å²) in [5.41, 5.74) is 1.25. The molecule has 0 bridgehead atoms. The number of ether oxygens (including phenoxy) is 2. The van der Waals surface area contributed by atoms with Crippen molar-refractivity contribution in [2.24, 2.45) is 0 Å². The number of amides is 1. The van der Waals surface area contributed by atoms with Gasteiger partial charge in [-0.1, -0.05) is 6.07 Å². The Morgan fingerprint density at radius 1 is 1.24 bits per heavy atom. The van der Waals surface area contributed by atoms with E-state index in [1.807, 2.05) is 18.2 Å². The molecule has 5 nitrogen and oxygen atoms in total. The number of rotatable bonds is 5. The van der Waals surface area contributed by atoms with Gasteiger partial charge in [-0.3, -0.25) is 9.78 Å². The Hall–Kier alpha value is -2.08. The van der Waals surface area contributed by atoms with E-state index in [4.69, 9.17) is 9.47 Å². The van der Waals surface area contributed by atoms with Gasteiger partial charge in [-0.15, -0.1) is 0 Å². The molecule has 1 aromatic carbocycles. The third-order valence-electron chi connectivity index (χ3n) is 2.86. The summed E-state index contributed by atoms with van der Waals surface area (Å²) in [5.74, 6) is 0.861. The predicted octanol–water partition coefficient (Wildman–Crippen LogP) is 2.79. The highest BCUT2D eigenvalue weighted by atomic mass is 79.9. The van der Waals surface area contributed by atoms with Crippen molar-refractivity contribution in [3.8, 4) is 11.5 Å². The van der Waals surface area contributed by atoms with Crippen LogP contribution >= 0.6 is 15.9 Å². The van der Waals surface area contributed by atoms with Crippen LogP contribution in [0.3, 0.4) is 0 Å². The Kier molecular flexibility index (Phi) is 5.16. The van der Waals surface area contributed by atoms with Gasteiger partial charge < -0.3 is 14.8 Å². The summed E-state index contributed by atoms with van der Waals surface area (Å²) in [6.45, 7) is 0.361. The molecule has 0 aliphatic carbocycles. The van der Waals surface area contributed by atoms with Crippen LogP contribution in [-0.4, -0.2) is 25.1 Å². The molecule has 0 saturated carbocycles. The van der Waals surface area contributed by atoms with E-state index in [1.165, 1.54) is 14.2 Å². The minimum atomic E-state index is -0.218. The predicted molar refractivity (Wildman–Crippen MR) is 82.7 cm³/mol. The maximum atomic E-state index is 12.2. The molecule has 0 saturated heterocycles. The number of hydrogen-bond acceptors (Lipinski definition) is 4. The van der Waals surface area contributed by atoms with E-state index in [9.17, 15) is 4.79 Å². The number of carbonyl (C=O) groups is 1. The minimum absolute atomic E-state index is 0.218. The van der Waals surface area contributed by atoms with E-state index in [1.54, 1.807) is 18.3 Å². The number of pyridine rings is 1. The topological polar surface area (TPSA) is 60.5 Å². The van der Waals surface area contributed by atoms with Crippen molar-refractivity contribution < 1.29 is 14.3 Å². The molecule has 0 radical (unpaired) electrons. The number of carbonyl (C=O) groups excluding carboxylic acids is 1. The molecule has 110 valence electrons. The van der Waals surface area contributed by atoms with Gasteiger partial charge in [0.2, 0.25) is 0 Å². The lowest BCUT2D eigenvalue weighted by Gasteiger charge is -2.11. The monoisotopic (exact) mass is 350 g/mol. The molecule has 21 heavy (non-hydrogen) atoms. The van der Waals surface area contributed by atoms with Crippen LogP contribution in [0.4, 0.5) is 0 Å². The highest BCUT2D eigenvalue weighted by molar-refractivity contribution is 9.10. The Morgan fingerprint density at radius 2 is 1.90 bits per heavy atom. The first kappa shape index (κ1) is 15.3. The second kappa shape index (κ2) is 7.08. The van der Waals surface area contributed by atoms with Crippen molar-refractivity contribution in [3.05, 3.63) is 52.3 Å². The van der Waals surface area contributed by atoms with Crippen molar-refractivity contribution in [1.82, 2.24) is 10.3 Å². The lowest BCUT2D eigenvalue weighted by molar-refractivity contribution is 0.0949. The number of benzene rings is 1. The second-order valence-electron chi connectivity index (χ2n) is 4.20. The first-order chi connectivity index (χ1) is 10.2. The zero-order valence-corrected chi connectivity index (χ0v) is 13.3. The number of nitrogens with one attached hydrogen (secondary N) is 1. The van der Waals surface area contributed by atoms with E-state index in [2.05, 4.69) is 26.2 Å². The Balaban J connectivity index is 2.15. The standard InChI is InChI=1S/C15H15BrN2O3/c1-20-12-7-10(8-13(21-2)14(12)16)15(19)18-9-11-5-3-4-6-17-11/h3-8H,9H2,1-2H3,(H,18,19). The van der Waals surface area contributed by atoms with Gasteiger partial charge in [0.25, 0.3) is 5.91 Å². The van der Waals surface area contributed by atoms with Gasteiger partial charge >= 0.3 is 0 Å². The molecule has 0 unspecified atom stereocenters. The van der Waals surface area contributed by atoms with Crippen molar-refractivity contribution in [1.29, 1.82) is 0 Å². The summed E-state index contributed by atoms with van der Waals surface area (Å²) < 4.78 is 11.1. The average Bonchev–Trinajstić information content (AvgIpc) is 2.53. The van der Waals surface area contributed by atoms with Gasteiger partial charge in [0.15, 0.2) is 0 Å². The van der Waals surface area contributed by atoms with Crippen molar-refractivity contribution in [2.75, 3.05) is 14.2 Å². The first-order valence-electron chi connectivity index (χ1n) is 6.25. The van der Waals surface area contributed by atoms with Gasteiger partial charge in [0.05, 0.1) is 26.5 Å². The number of halogens is 1. The fraction of sp³-hybridized carbons (Fsp3) is 0.200. The van der Waals surface area contributed by atoms with Crippen LogP contribution in [0.25, 0.3) is 0 Å². The smallest absolute Gasteiger partial charge is 0.251 e. The summed E-state index contributed by atoms with van der Waals surface area (Å²) in [4.78, 5) is 16.4. The number of nitrogens with zero attached hydrogens (tertiary/aromatic N) is 1. The van der Waals surface area contributed by atoms with Gasteiger partial charge in [-0.2, -0.15) is 0 Å². The van der Waals surface area contributed by atoms with Crippen LogP contribution < -0.4 is 14.8 Å². The number of hydrogen-bond donors (Lipinski definition) is 1. The van der Waals surface area contributed by atoms with Crippen LogP contribution in [0, 0.1) is 0 Å². The summed E-state index contributed by atoms with van der Waals surface area (Å²) in [6.07, 6.45) is 1.69. The zero-order valence-electron chi connectivity index (χ0n) is 11.7. The lowest BCUT2D eigenvalue weighted by atomic mass is 10.2. The quantitative estimate of drug-likeness (QED) is 0.900. The normalized spacial score (nSPS) is 10.0. The van der Waals surface area contributed by atoms with Crippen molar-refractivity contribution >= 4 is 21.8 Å². The molecule has 0 spiro atoms. The molecule has 2 rings (SSSR count). The van der Waals surface area contributed by atoms with E-state index < -0.39 is 0 Å². The summed E-state index contributed by atoms with van der Waals surface area (Å²) >= 11 is 3.37. The molecule has 0 aliphatic rings. The fourth-order valence-electron chi connectivity index (χ4n) is 1.78. The van der Waals surface area contributed by atoms with Crippen LogP contribution in [0.5, 0.6) is 11.5 Å². The zero-order chi connectivity index (χ0) is 15.2. The van der Waals surface area contributed by atoms with Gasteiger partial charge in [-0.05, 0) is 40.2 Å². The minimum Gasteiger partial charge on any atom is -0.495 e. The van der Waals surface area contributed by atoms with Crippen LogP contribution in [0.2, 0.25) is 0 Å². The Morgan fingerprint density at radius 3 is 2.43 bits per heavy atom. The van der Waals surface area contributed by atoms with Crippen LogP contribution in [0.15, 0.2) is 41.0 Å². The van der Waals surface area contributed by atoms with E-state index in [0.717, 1.165) is 5.69 Å². The number of methoxy groups -OCH3 is 2. The molecule has 1 N–H and O–H groups in total. The molecule has 0 atom stereocenters. The summed E-state index contributed by atoms with van der Waals surface area (Å²) in [5, 5.41) is 2.81. The molecule has 6 heteroatoms. The van der Waals surface area contributed by atoms with Crippen molar-refractivity contribution in [2.45, 2.75) is 6.54 Å². The Labute approximate surface area is 131 Å². The molecule has 0 fully saturated rings. The van der Waals surface area contributed by atoms with E-state index in [-0.39, 0.29) is 5.91 Å². The van der Waals surface area contributed by atoms with Crippen LogP contribution in [-0.2, 0) is 6.54 Å². The van der Waals surface area contributed by atoms with Gasteiger partial charge in [0.1, 0.15) is 16.0 Å². The van der Waals surface area contributed by atoms with E-state index >= 15 is 0 Å². The van der Waals surface area contributed by atoms with Gasteiger partial charge in [-0.25, -0.2) is 0 Å². The lowest BCUT2D eigenvalue weighted by Crippen LogP contribution is -2.23. The maximum Gasteiger partial charge on any atom is 0.251 e. The van der Waals surface area contributed by atoms with Crippen molar-refractivity contribution in [3.63, 3.8) is 0 Å². The second-order valence-corrected chi connectivity index (χ2v) is 4.99. The third kappa shape index (κ3) is 3.72. The van der Waals surface area contributed by atoms with Crippen LogP contribution in [0.1, 0.15) is 16.1 Å². The largest absolute Gasteiger partial charge is 0.495 e. The third-order valence-corrected chi connectivity index (χ3v) is 3.65. The molecule has 1 heterocycles. The summed E-state index contributed by atoms with van der Waals surface area (Å²) in [6, 6.07) is 8.86. The fourth-order valence-corrected chi connectivity index (χ4v) is 2.33. The highest BCUT2D eigenvalue weighted by Gasteiger charge is 2.14. The molecule has 0 aliphatic heterocycles. The Bertz CT molecular complexity index is 607. The number of aromatic nitrogens is 1. The summed E-state index contributed by atoms with van der Waals surface area (Å²) in [7, 11) is 3.07. The first-order valence-corrected chi connectivity index (χ1v) is 7.04. The molecule has 1 amide bonds. The van der Waals surface area contributed by atoms with Gasteiger partial charge in [0, 0.05) is 11.8 Å². The SMILES string of the molecule is COc1cc(C(=O)NCc2ccccn2)cc(OC)c1Br. The maximum absolute atomic E-state index is 12.2.